The van der Waals surface area contributed by atoms with Crippen LogP contribution in [0.2, 0.25) is 0 Å². The number of hydrogen-bond acceptors (Lipinski definition) is 3. The van der Waals surface area contributed by atoms with Crippen molar-refractivity contribution in [2.24, 2.45) is 0 Å². The van der Waals surface area contributed by atoms with Crippen molar-refractivity contribution in [3.8, 4) is 11.5 Å². The number of ether oxygens (including phenoxy) is 2. The number of carbonyl (C=O) groups excluding carboxylic acids is 1. The Morgan fingerprint density at radius 1 is 0.840 bits per heavy atom. The van der Waals surface area contributed by atoms with Crippen molar-refractivity contribution < 1.29 is 14.3 Å². The fourth-order valence-electron chi connectivity index (χ4n) is 2.76. The molecule has 0 heterocycles. The molecule has 134 valence electrons. The van der Waals surface area contributed by atoms with Crippen LogP contribution in [-0.4, -0.2) is 29.5 Å². The SMILES string of the molecule is CC(C)N(C(=O)COc1ccc(OCc2ccccc2)cc1)C(C)C. The van der Waals surface area contributed by atoms with E-state index < -0.39 is 0 Å². The van der Waals surface area contributed by atoms with Gasteiger partial charge in [0.05, 0.1) is 0 Å². The van der Waals surface area contributed by atoms with Crippen molar-refractivity contribution in [1.82, 2.24) is 4.90 Å². The molecule has 2 rings (SSSR count). The van der Waals surface area contributed by atoms with Gasteiger partial charge < -0.3 is 14.4 Å². The predicted octanol–water partition coefficient (Wildman–Crippen LogP) is 4.29. The number of hydrogen-bond donors (Lipinski definition) is 0. The maximum atomic E-state index is 12.3. The van der Waals surface area contributed by atoms with E-state index in [-0.39, 0.29) is 24.6 Å². The highest BCUT2D eigenvalue weighted by Gasteiger charge is 2.20. The zero-order chi connectivity index (χ0) is 18.2. The number of nitrogens with zero attached hydrogens (tertiary/aromatic N) is 1. The fourth-order valence-corrected chi connectivity index (χ4v) is 2.76. The zero-order valence-corrected chi connectivity index (χ0v) is 15.4. The van der Waals surface area contributed by atoms with Crippen LogP contribution in [0, 0.1) is 0 Å². The monoisotopic (exact) mass is 341 g/mol. The summed E-state index contributed by atoms with van der Waals surface area (Å²) in [5, 5.41) is 0. The molecule has 4 heteroatoms. The Hall–Kier alpha value is -2.49. The third-order valence-corrected chi connectivity index (χ3v) is 3.84. The molecular formula is C21H27NO3. The highest BCUT2D eigenvalue weighted by molar-refractivity contribution is 5.78. The van der Waals surface area contributed by atoms with Gasteiger partial charge in [-0.25, -0.2) is 0 Å². The van der Waals surface area contributed by atoms with Crippen LogP contribution in [0.1, 0.15) is 33.3 Å². The van der Waals surface area contributed by atoms with E-state index in [2.05, 4.69) is 0 Å². The zero-order valence-electron chi connectivity index (χ0n) is 15.4. The number of amides is 1. The van der Waals surface area contributed by atoms with Gasteiger partial charge in [-0.3, -0.25) is 4.79 Å². The number of rotatable bonds is 8. The molecule has 0 fully saturated rings. The van der Waals surface area contributed by atoms with E-state index in [1.165, 1.54) is 0 Å². The van der Waals surface area contributed by atoms with E-state index in [0.717, 1.165) is 11.3 Å². The van der Waals surface area contributed by atoms with Crippen LogP contribution in [0.25, 0.3) is 0 Å². The molecule has 0 aliphatic carbocycles. The summed E-state index contributed by atoms with van der Waals surface area (Å²) in [6.45, 7) is 8.61. The van der Waals surface area contributed by atoms with Gasteiger partial charge in [-0.1, -0.05) is 30.3 Å². The number of carbonyl (C=O) groups is 1. The Morgan fingerprint density at radius 2 is 1.36 bits per heavy atom. The first-order valence-electron chi connectivity index (χ1n) is 8.68. The summed E-state index contributed by atoms with van der Waals surface area (Å²) < 4.78 is 11.4. The molecule has 4 nitrogen and oxygen atoms in total. The minimum Gasteiger partial charge on any atom is -0.489 e. The molecule has 0 saturated heterocycles. The minimum atomic E-state index is -0.00518. The van der Waals surface area contributed by atoms with Crippen molar-refractivity contribution >= 4 is 5.91 Å². The van der Waals surface area contributed by atoms with Gasteiger partial charge in [0.1, 0.15) is 18.1 Å². The standard InChI is InChI=1S/C21H27NO3/c1-16(2)22(17(3)4)21(23)15-25-20-12-10-19(11-13-20)24-14-18-8-6-5-7-9-18/h5-13,16-17H,14-15H2,1-4H3. The molecule has 25 heavy (non-hydrogen) atoms. The Bertz CT molecular complexity index is 643. The summed E-state index contributed by atoms with van der Waals surface area (Å²) in [5.74, 6) is 1.43. The van der Waals surface area contributed by atoms with Crippen molar-refractivity contribution in [1.29, 1.82) is 0 Å². The highest BCUT2D eigenvalue weighted by Crippen LogP contribution is 2.19. The average molecular weight is 341 g/mol. The largest absolute Gasteiger partial charge is 0.489 e. The fraction of sp³-hybridized carbons (Fsp3) is 0.381. The molecule has 0 N–H and O–H groups in total. The van der Waals surface area contributed by atoms with Crippen molar-refractivity contribution in [3.05, 3.63) is 60.2 Å². The molecule has 0 atom stereocenters. The second-order valence-electron chi connectivity index (χ2n) is 6.52. The van der Waals surface area contributed by atoms with E-state index in [4.69, 9.17) is 9.47 Å². The number of benzene rings is 2. The van der Waals surface area contributed by atoms with Gasteiger partial charge >= 0.3 is 0 Å². The summed E-state index contributed by atoms with van der Waals surface area (Å²) in [7, 11) is 0. The normalized spacial score (nSPS) is 10.8. The van der Waals surface area contributed by atoms with Crippen molar-refractivity contribution in [2.45, 2.75) is 46.4 Å². The molecule has 0 unspecified atom stereocenters. The van der Waals surface area contributed by atoms with Crippen LogP contribution in [0.3, 0.4) is 0 Å². The second-order valence-corrected chi connectivity index (χ2v) is 6.52. The summed E-state index contributed by atoms with van der Waals surface area (Å²) >= 11 is 0. The summed E-state index contributed by atoms with van der Waals surface area (Å²) in [5.41, 5.74) is 1.12. The van der Waals surface area contributed by atoms with Crippen molar-refractivity contribution in [2.75, 3.05) is 6.61 Å². The Kier molecular flexibility index (Phi) is 6.87. The topological polar surface area (TPSA) is 38.8 Å². The summed E-state index contributed by atoms with van der Waals surface area (Å²) in [6.07, 6.45) is 0. The van der Waals surface area contributed by atoms with Crippen molar-refractivity contribution in [3.63, 3.8) is 0 Å². The van der Waals surface area contributed by atoms with Gasteiger partial charge in [-0.2, -0.15) is 0 Å². The Balaban J connectivity index is 1.84. The van der Waals surface area contributed by atoms with E-state index >= 15 is 0 Å². The molecule has 1 amide bonds. The first-order chi connectivity index (χ1) is 12.0. The molecule has 0 bridgehead atoms. The van der Waals surface area contributed by atoms with Gasteiger partial charge in [-0.05, 0) is 57.5 Å². The van der Waals surface area contributed by atoms with Gasteiger partial charge in [-0.15, -0.1) is 0 Å². The lowest BCUT2D eigenvalue weighted by Crippen LogP contribution is -2.44. The first-order valence-corrected chi connectivity index (χ1v) is 8.68. The molecule has 0 spiro atoms. The quantitative estimate of drug-likeness (QED) is 0.719. The molecule has 0 aromatic heterocycles. The van der Waals surface area contributed by atoms with E-state index in [1.54, 1.807) is 0 Å². The van der Waals surface area contributed by atoms with E-state index in [9.17, 15) is 4.79 Å². The third-order valence-electron chi connectivity index (χ3n) is 3.84. The molecule has 0 aliphatic rings. The predicted molar refractivity (Wildman–Crippen MR) is 99.8 cm³/mol. The molecule has 0 aliphatic heterocycles. The average Bonchev–Trinajstić information content (AvgIpc) is 2.59. The van der Waals surface area contributed by atoms with Gasteiger partial charge in [0.25, 0.3) is 5.91 Å². The van der Waals surface area contributed by atoms with E-state index in [1.807, 2.05) is 87.2 Å². The lowest BCUT2D eigenvalue weighted by Gasteiger charge is -2.30. The lowest BCUT2D eigenvalue weighted by molar-refractivity contribution is -0.136. The van der Waals surface area contributed by atoms with Gasteiger partial charge in [0.2, 0.25) is 0 Å². The molecule has 0 saturated carbocycles. The maximum Gasteiger partial charge on any atom is 0.260 e. The molecule has 2 aromatic rings. The summed E-state index contributed by atoms with van der Waals surface area (Å²) in [4.78, 5) is 14.1. The molecule has 2 aromatic carbocycles. The van der Waals surface area contributed by atoms with Crippen LogP contribution < -0.4 is 9.47 Å². The Morgan fingerprint density at radius 3 is 1.88 bits per heavy atom. The highest BCUT2D eigenvalue weighted by atomic mass is 16.5. The minimum absolute atomic E-state index is 0.00518. The summed E-state index contributed by atoms with van der Waals surface area (Å²) in [6, 6.07) is 17.7. The van der Waals surface area contributed by atoms with Gasteiger partial charge in [0, 0.05) is 12.1 Å². The van der Waals surface area contributed by atoms with Crippen LogP contribution in [-0.2, 0) is 11.4 Å². The smallest absolute Gasteiger partial charge is 0.260 e. The molecule has 0 radical (unpaired) electrons. The van der Waals surface area contributed by atoms with Crippen LogP contribution >= 0.6 is 0 Å². The van der Waals surface area contributed by atoms with E-state index in [0.29, 0.717) is 12.4 Å². The van der Waals surface area contributed by atoms with Crippen LogP contribution in [0.15, 0.2) is 54.6 Å². The first kappa shape index (κ1) is 18.8. The van der Waals surface area contributed by atoms with Gasteiger partial charge in [0.15, 0.2) is 6.61 Å². The van der Waals surface area contributed by atoms with Crippen LogP contribution in [0.4, 0.5) is 0 Å². The van der Waals surface area contributed by atoms with Crippen LogP contribution in [0.5, 0.6) is 11.5 Å². The lowest BCUT2D eigenvalue weighted by atomic mass is 10.2. The third kappa shape index (κ3) is 5.82. The second kappa shape index (κ2) is 9.11. The molecular weight excluding hydrogens is 314 g/mol. The maximum absolute atomic E-state index is 12.3. The Labute approximate surface area is 150 Å².